The lowest BCUT2D eigenvalue weighted by molar-refractivity contribution is 0.935. The third-order valence-corrected chi connectivity index (χ3v) is 3.25. The van der Waals surface area contributed by atoms with Crippen LogP contribution < -0.4 is 0 Å². The molecule has 0 aliphatic carbocycles. The Bertz CT molecular complexity index is 495. The van der Waals surface area contributed by atoms with Crippen molar-refractivity contribution in [1.82, 2.24) is 9.97 Å². The molecule has 2 rings (SSSR count). The minimum atomic E-state index is 0.835. The predicted molar refractivity (Wildman–Crippen MR) is 68.5 cm³/mol. The number of aromatic nitrogens is 2. The molecule has 0 spiro atoms. The van der Waals surface area contributed by atoms with Crippen molar-refractivity contribution in [3.05, 3.63) is 57.6 Å². The first-order chi connectivity index (χ1) is 7.66. The van der Waals surface area contributed by atoms with Crippen molar-refractivity contribution < 1.29 is 0 Å². The molecule has 0 radical (unpaired) electrons. The standard InChI is InChI=1S/C13H13BrN2/c1-9-12(15-10(2)13(14)16-9)8-11-6-4-3-5-7-11/h3-7H,8H2,1-2H3. The molecule has 0 saturated carbocycles. The van der Waals surface area contributed by atoms with E-state index in [0.717, 1.165) is 28.1 Å². The summed E-state index contributed by atoms with van der Waals surface area (Å²) in [7, 11) is 0. The molecule has 1 aromatic carbocycles. The number of hydrogen-bond donors (Lipinski definition) is 0. The van der Waals surface area contributed by atoms with Gasteiger partial charge in [0.05, 0.1) is 17.1 Å². The molecule has 0 aliphatic rings. The van der Waals surface area contributed by atoms with E-state index in [4.69, 9.17) is 0 Å². The fourth-order valence-electron chi connectivity index (χ4n) is 1.58. The van der Waals surface area contributed by atoms with Crippen molar-refractivity contribution in [3.63, 3.8) is 0 Å². The van der Waals surface area contributed by atoms with Gasteiger partial charge in [-0.2, -0.15) is 0 Å². The van der Waals surface area contributed by atoms with Crippen LogP contribution in [0.3, 0.4) is 0 Å². The van der Waals surface area contributed by atoms with E-state index < -0.39 is 0 Å². The van der Waals surface area contributed by atoms with Crippen LogP contribution >= 0.6 is 15.9 Å². The van der Waals surface area contributed by atoms with Crippen LogP contribution in [0, 0.1) is 13.8 Å². The maximum atomic E-state index is 4.56. The Labute approximate surface area is 104 Å². The van der Waals surface area contributed by atoms with Crippen molar-refractivity contribution in [1.29, 1.82) is 0 Å². The molecule has 1 heterocycles. The largest absolute Gasteiger partial charge is 0.253 e. The highest BCUT2D eigenvalue weighted by Crippen LogP contribution is 2.16. The number of benzene rings is 1. The normalized spacial score (nSPS) is 10.4. The van der Waals surface area contributed by atoms with Gasteiger partial charge in [-0.05, 0) is 35.3 Å². The minimum absolute atomic E-state index is 0.835. The summed E-state index contributed by atoms with van der Waals surface area (Å²) in [6.07, 6.45) is 0.841. The van der Waals surface area contributed by atoms with E-state index in [0.29, 0.717) is 0 Å². The SMILES string of the molecule is Cc1nc(Cc2ccccc2)c(C)nc1Br. The van der Waals surface area contributed by atoms with E-state index in [1.165, 1.54) is 5.56 Å². The average Bonchev–Trinajstić information content (AvgIpc) is 2.27. The van der Waals surface area contributed by atoms with Crippen LogP contribution in [0.4, 0.5) is 0 Å². The predicted octanol–water partition coefficient (Wildman–Crippen LogP) is 3.45. The molecule has 0 saturated heterocycles. The summed E-state index contributed by atoms with van der Waals surface area (Å²) in [5.41, 5.74) is 4.24. The maximum Gasteiger partial charge on any atom is 0.127 e. The summed E-state index contributed by atoms with van der Waals surface area (Å²) in [4.78, 5) is 8.98. The summed E-state index contributed by atoms with van der Waals surface area (Å²) >= 11 is 3.39. The van der Waals surface area contributed by atoms with Crippen LogP contribution in [-0.2, 0) is 6.42 Å². The van der Waals surface area contributed by atoms with E-state index in [-0.39, 0.29) is 0 Å². The highest BCUT2D eigenvalue weighted by molar-refractivity contribution is 9.10. The first kappa shape index (κ1) is 11.3. The van der Waals surface area contributed by atoms with E-state index in [1.54, 1.807) is 0 Å². The van der Waals surface area contributed by atoms with Gasteiger partial charge < -0.3 is 0 Å². The van der Waals surface area contributed by atoms with E-state index in [9.17, 15) is 0 Å². The lowest BCUT2D eigenvalue weighted by Crippen LogP contribution is -2.01. The molecule has 16 heavy (non-hydrogen) atoms. The molecule has 0 atom stereocenters. The Kier molecular flexibility index (Phi) is 3.34. The van der Waals surface area contributed by atoms with Crippen LogP contribution in [-0.4, -0.2) is 9.97 Å². The van der Waals surface area contributed by atoms with Crippen LogP contribution in [0.2, 0.25) is 0 Å². The molecule has 0 bridgehead atoms. The Morgan fingerprint density at radius 1 is 1.00 bits per heavy atom. The lowest BCUT2D eigenvalue weighted by Gasteiger charge is -2.07. The fraction of sp³-hybridized carbons (Fsp3) is 0.231. The molecule has 0 fully saturated rings. The molecular weight excluding hydrogens is 264 g/mol. The van der Waals surface area contributed by atoms with Gasteiger partial charge in [-0.15, -0.1) is 0 Å². The third-order valence-electron chi connectivity index (χ3n) is 2.50. The smallest absolute Gasteiger partial charge is 0.127 e. The Hall–Kier alpha value is -1.22. The molecule has 0 N–H and O–H groups in total. The summed E-state index contributed by atoms with van der Waals surface area (Å²) < 4.78 is 0.835. The van der Waals surface area contributed by atoms with Gasteiger partial charge in [0.1, 0.15) is 4.60 Å². The quantitative estimate of drug-likeness (QED) is 0.840. The maximum absolute atomic E-state index is 4.56. The van der Waals surface area contributed by atoms with Crippen molar-refractivity contribution in [2.45, 2.75) is 20.3 Å². The first-order valence-corrected chi connectivity index (χ1v) is 5.99. The number of halogens is 1. The summed E-state index contributed by atoms with van der Waals surface area (Å²) in [6.45, 7) is 3.96. The van der Waals surface area contributed by atoms with Crippen molar-refractivity contribution in [3.8, 4) is 0 Å². The van der Waals surface area contributed by atoms with Gasteiger partial charge >= 0.3 is 0 Å². The Balaban J connectivity index is 2.32. The zero-order valence-corrected chi connectivity index (χ0v) is 11.0. The molecule has 0 unspecified atom stereocenters. The van der Waals surface area contributed by atoms with E-state index in [1.807, 2.05) is 32.0 Å². The van der Waals surface area contributed by atoms with Gasteiger partial charge in [0, 0.05) is 6.42 Å². The van der Waals surface area contributed by atoms with E-state index >= 15 is 0 Å². The second-order valence-electron chi connectivity index (χ2n) is 3.79. The number of nitrogens with zero attached hydrogens (tertiary/aromatic N) is 2. The van der Waals surface area contributed by atoms with E-state index in [2.05, 4.69) is 38.0 Å². The minimum Gasteiger partial charge on any atom is -0.253 e. The van der Waals surface area contributed by atoms with Crippen molar-refractivity contribution >= 4 is 15.9 Å². The topological polar surface area (TPSA) is 25.8 Å². The highest BCUT2D eigenvalue weighted by atomic mass is 79.9. The molecule has 0 aliphatic heterocycles. The lowest BCUT2D eigenvalue weighted by atomic mass is 10.1. The van der Waals surface area contributed by atoms with Gasteiger partial charge in [0.2, 0.25) is 0 Å². The van der Waals surface area contributed by atoms with Gasteiger partial charge in [-0.1, -0.05) is 30.3 Å². The number of hydrogen-bond acceptors (Lipinski definition) is 2. The Morgan fingerprint density at radius 3 is 2.38 bits per heavy atom. The highest BCUT2D eigenvalue weighted by Gasteiger charge is 2.06. The molecular formula is C13H13BrN2. The van der Waals surface area contributed by atoms with Crippen molar-refractivity contribution in [2.75, 3.05) is 0 Å². The Morgan fingerprint density at radius 2 is 1.69 bits per heavy atom. The summed E-state index contributed by atoms with van der Waals surface area (Å²) in [6, 6.07) is 10.3. The first-order valence-electron chi connectivity index (χ1n) is 5.20. The number of aryl methyl sites for hydroxylation is 2. The molecule has 82 valence electrons. The summed E-state index contributed by atoms with van der Waals surface area (Å²) in [5, 5.41) is 0. The van der Waals surface area contributed by atoms with Crippen LogP contribution in [0.25, 0.3) is 0 Å². The van der Waals surface area contributed by atoms with Crippen molar-refractivity contribution in [2.24, 2.45) is 0 Å². The second-order valence-corrected chi connectivity index (χ2v) is 4.55. The molecule has 2 nitrogen and oxygen atoms in total. The third kappa shape index (κ3) is 2.47. The zero-order valence-electron chi connectivity index (χ0n) is 9.37. The molecule has 3 heteroatoms. The second kappa shape index (κ2) is 4.74. The molecule has 1 aromatic heterocycles. The van der Waals surface area contributed by atoms with Gasteiger partial charge in [0.25, 0.3) is 0 Å². The van der Waals surface area contributed by atoms with Crippen LogP contribution in [0.5, 0.6) is 0 Å². The number of rotatable bonds is 2. The summed E-state index contributed by atoms with van der Waals surface area (Å²) in [5.74, 6) is 0. The molecule has 0 amide bonds. The fourth-order valence-corrected chi connectivity index (χ4v) is 1.93. The zero-order chi connectivity index (χ0) is 11.5. The monoisotopic (exact) mass is 276 g/mol. The molecule has 2 aromatic rings. The van der Waals surface area contributed by atoms with Crippen LogP contribution in [0.15, 0.2) is 34.9 Å². The van der Waals surface area contributed by atoms with Gasteiger partial charge in [-0.25, -0.2) is 4.98 Å². The average molecular weight is 277 g/mol. The van der Waals surface area contributed by atoms with Crippen LogP contribution in [0.1, 0.15) is 22.6 Å². The van der Waals surface area contributed by atoms with Gasteiger partial charge in [-0.3, -0.25) is 4.98 Å². The van der Waals surface area contributed by atoms with Gasteiger partial charge in [0.15, 0.2) is 0 Å².